The normalized spacial score (nSPS) is 14.2. The Morgan fingerprint density at radius 2 is 0.968 bits per heavy atom. The van der Waals surface area contributed by atoms with E-state index in [1.807, 2.05) is 72.5 Å². The summed E-state index contributed by atoms with van der Waals surface area (Å²) in [6.07, 6.45) is 22.8. The predicted octanol–water partition coefficient (Wildman–Crippen LogP) is 16.6. The second-order valence-corrected chi connectivity index (χ2v) is 23.7. The monoisotopic (exact) mass is 1220 g/mol. The maximum Gasteiger partial charge on any atom is 0.240 e. The molecule has 458 valence electrons. The van der Waals surface area contributed by atoms with E-state index in [4.69, 9.17) is 0 Å². The number of aryl methyl sites for hydroxylation is 4. The molecule has 0 radical (unpaired) electrons. The minimum absolute atomic E-state index is 0.996. The fourth-order valence-electron chi connectivity index (χ4n) is 12.7. The molecule has 94 heavy (non-hydrogen) atoms. The van der Waals surface area contributed by atoms with Gasteiger partial charge >= 0.3 is 0 Å². The number of nitrogens with zero attached hydrogens (tertiary/aromatic N) is 6. The van der Waals surface area contributed by atoms with Crippen molar-refractivity contribution >= 4 is 61.3 Å². The smallest absolute Gasteiger partial charge is 0.240 e. The molecule has 2 aromatic heterocycles. The topological polar surface area (TPSA) is 33.2 Å². The molecule has 16 rings (SSSR count). The van der Waals surface area contributed by atoms with Gasteiger partial charge in [0.2, 0.25) is 11.7 Å². The molecule has 5 aliphatic rings. The molecule has 5 heterocycles. The number of hydrogen-bond donors (Lipinski definition) is 0. The molecule has 0 fully saturated rings. The molecule has 6 nitrogen and oxygen atoms in total. The van der Waals surface area contributed by atoms with Crippen molar-refractivity contribution in [3.8, 4) is 11.1 Å². The van der Waals surface area contributed by atoms with Crippen molar-refractivity contribution < 1.29 is 22.2 Å². The number of aliphatic imine (C=N–C) groups is 1. The van der Waals surface area contributed by atoms with Crippen molar-refractivity contribution in [2.45, 2.75) is 34.6 Å². The number of allylic oxidation sites excluding steroid dienone is 4. The van der Waals surface area contributed by atoms with Crippen molar-refractivity contribution in [2.75, 3.05) is 0 Å². The third-order valence-corrected chi connectivity index (χ3v) is 17.5. The van der Waals surface area contributed by atoms with Crippen LogP contribution in [-0.2, 0) is 0 Å². The van der Waals surface area contributed by atoms with Crippen molar-refractivity contribution in [1.82, 2.24) is 0 Å². The van der Waals surface area contributed by atoms with Crippen LogP contribution in [0.1, 0.15) is 79.2 Å². The fourth-order valence-corrected chi connectivity index (χ4v) is 12.7. The molecule has 2 aliphatic carbocycles. The molecule has 0 saturated carbocycles. The summed E-state index contributed by atoms with van der Waals surface area (Å²) in [5, 5.41) is 4.81. The lowest BCUT2D eigenvalue weighted by Gasteiger charge is -2.30. The highest BCUT2D eigenvalue weighted by Gasteiger charge is 2.32. The van der Waals surface area contributed by atoms with Gasteiger partial charge in [0.25, 0.3) is 0 Å². The fraction of sp³-hybridized carbons (Fsp3) is 0.0568. The number of hydrogen-bond acceptors (Lipinski definition) is 1. The number of benzene rings is 9. The van der Waals surface area contributed by atoms with Crippen molar-refractivity contribution in [2.24, 2.45) is 4.99 Å². The second-order valence-electron chi connectivity index (χ2n) is 23.7. The van der Waals surface area contributed by atoms with Gasteiger partial charge in [-0.25, -0.2) is 9.15 Å². The summed E-state index contributed by atoms with van der Waals surface area (Å²) in [6.45, 7) is 31.3. The first-order valence-electron chi connectivity index (χ1n) is 31.7. The molecular formula is C88H76N6. The van der Waals surface area contributed by atoms with Crippen LogP contribution in [0.5, 0.6) is 0 Å². The molecule has 0 bridgehead atoms. The average molecular weight is 1220 g/mol. The zero-order valence-electron chi connectivity index (χ0n) is 54.2. The summed E-state index contributed by atoms with van der Waals surface area (Å²) in [5.41, 5.74) is 24.5. The molecule has 3 aliphatic heterocycles. The van der Waals surface area contributed by atoms with Crippen LogP contribution in [-0.4, -0.2) is 40.2 Å². The van der Waals surface area contributed by atoms with E-state index in [0.717, 1.165) is 45.4 Å². The van der Waals surface area contributed by atoms with Gasteiger partial charge in [0.1, 0.15) is 25.2 Å². The molecule has 0 unspecified atom stereocenters. The number of pyridine rings is 2. The van der Waals surface area contributed by atoms with E-state index >= 15 is 0 Å². The summed E-state index contributed by atoms with van der Waals surface area (Å²) < 4.78 is 9.76. The first kappa shape index (κ1) is 62.2. The molecule has 9 aromatic carbocycles. The number of para-hydroxylation sites is 3. The number of fused-ring (bicyclic) bond motifs is 7. The molecule has 0 atom stereocenters. The quantitative estimate of drug-likeness (QED) is 0.125. The molecule has 0 saturated heterocycles. The van der Waals surface area contributed by atoms with Crippen molar-refractivity contribution in [3.63, 3.8) is 0 Å². The third kappa shape index (κ3) is 13.0. The van der Waals surface area contributed by atoms with Crippen LogP contribution >= 0.6 is 0 Å². The van der Waals surface area contributed by atoms with E-state index in [2.05, 4.69) is 327 Å². The van der Waals surface area contributed by atoms with Gasteiger partial charge in [0.05, 0.1) is 19.5 Å². The molecular weight excluding hydrogens is 1140 g/mol. The zero-order valence-corrected chi connectivity index (χ0v) is 54.2. The standard InChI is InChI=1S/C21H17N.3C17H15N.C16H14N2/c1-15-9-3-4-10-16(15)21-19-13-6-5-11-17(19)18-12-7-8-14-20(18)22(21)2;1-13-7-3-5-9-15(13)17-12-11-14-8-4-6-10-16(14)18(17)2;1-13-10-11-14-7-3-4-8-15(14)17(13)16-9-5-6-12-18(16)2;1-13-11-14-7-3-4-8-15(14)12-16(13)17-9-5-6-10-18(17)2;1-12-7-3-4-8-13(12)16-14-9-5-6-10-15(14)17-11-18(16)2/h3-14H,2H2,1H3;3*3-12H,2H2,1H3;3-11H,2H2,1H3. The largest absolute Gasteiger partial charge is 0.279 e. The van der Waals surface area contributed by atoms with Gasteiger partial charge in [-0.1, -0.05) is 225 Å². The summed E-state index contributed by atoms with van der Waals surface area (Å²) in [5.74, 6) is 0. The van der Waals surface area contributed by atoms with E-state index in [0.29, 0.717) is 0 Å². The average Bonchev–Trinajstić information content (AvgIpc) is 0.763. The summed E-state index contributed by atoms with van der Waals surface area (Å²) in [6, 6.07) is 87.4. The zero-order chi connectivity index (χ0) is 65.2. The highest BCUT2D eigenvalue weighted by molar-refractivity contribution is 5.83. The number of rotatable bonds is 3. The first-order chi connectivity index (χ1) is 45.8. The Kier molecular flexibility index (Phi) is 18.6. The van der Waals surface area contributed by atoms with Crippen LogP contribution in [0.4, 0.5) is 17.1 Å². The van der Waals surface area contributed by atoms with Crippen LogP contribution in [0.2, 0.25) is 0 Å². The summed E-state index contributed by atoms with van der Waals surface area (Å²) >= 11 is 0. The highest BCUT2D eigenvalue weighted by atomic mass is 15.1. The molecule has 0 spiro atoms. The third-order valence-electron chi connectivity index (χ3n) is 17.5. The van der Waals surface area contributed by atoms with E-state index in [-0.39, 0.29) is 0 Å². The van der Waals surface area contributed by atoms with Crippen LogP contribution in [0, 0.1) is 82.7 Å². The Morgan fingerprint density at radius 3 is 1.65 bits per heavy atom. The maximum atomic E-state index is 4.40. The Balaban J connectivity index is 0.000000113. The SMILES string of the molecule is C=[N+]1C=Nc2ccccc2[C-]1c1ccccc1C.C=[N+]1c2ccccc2-c2ccccc2[C-]1c1ccccc1C.C=[N+]1c2ccccc2C=C[C-]1c1ccccc1C.C=[n+]1ccccc1=C1C(C)=C[CH-]c2ccccc21.C=[n+]1ccccc1=c1cc2c(cc1C)=CC=C[CH-]2. The minimum atomic E-state index is 0.996. The van der Waals surface area contributed by atoms with Crippen molar-refractivity contribution in [1.29, 1.82) is 0 Å². The Hall–Kier alpha value is -12.0. The van der Waals surface area contributed by atoms with Gasteiger partial charge in [-0.05, 0) is 82.3 Å². The van der Waals surface area contributed by atoms with Crippen LogP contribution in [0.25, 0.3) is 28.9 Å². The van der Waals surface area contributed by atoms with Gasteiger partial charge in [0.15, 0.2) is 35.2 Å². The lowest BCUT2D eigenvalue weighted by atomic mass is 9.85. The van der Waals surface area contributed by atoms with E-state index in [1.165, 1.54) is 106 Å². The van der Waals surface area contributed by atoms with E-state index in [1.54, 1.807) is 6.34 Å². The molecule has 0 amide bonds. The number of aromatic nitrogens is 2. The lowest BCUT2D eigenvalue weighted by molar-refractivity contribution is -0.514. The molecule has 0 N–H and O–H groups in total. The molecule has 11 aromatic rings. The van der Waals surface area contributed by atoms with Gasteiger partial charge in [-0.2, -0.15) is 8.49 Å². The predicted molar refractivity (Wildman–Crippen MR) is 388 cm³/mol. The Labute approximate surface area is 553 Å². The Morgan fingerprint density at radius 1 is 0.426 bits per heavy atom. The van der Waals surface area contributed by atoms with Gasteiger partial charge < -0.3 is 0 Å². The van der Waals surface area contributed by atoms with Crippen molar-refractivity contribution in [3.05, 3.63) is 423 Å². The minimum Gasteiger partial charge on any atom is -0.279 e. The van der Waals surface area contributed by atoms with Gasteiger partial charge in [-0.15, -0.1) is 88.3 Å². The van der Waals surface area contributed by atoms with Crippen LogP contribution in [0.15, 0.2) is 290 Å². The summed E-state index contributed by atoms with van der Waals surface area (Å²) in [7, 11) is 0. The van der Waals surface area contributed by atoms with E-state index in [9.17, 15) is 0 Å². The van der Waals surface area contributed by atoms with Crippen LogP contribution < -0.4 is 19.1 Å². The molecule has 6 heteroatoms. The second kappa shape index (κ2) is 28.0. The summed E-state index contributed by atoms with van der Waals surface area (Å²) in [4.78, 5) is 4.40. The lowest BCUT2D eigenvalue weighted by Crippen LogP contribution is -2.37. The first-order valence-corrected chi connectivity index (χ1v) is 31.7. The van der Waals surface area contributed by atoms with Gasteiger partial charge in [-0.3, -0.25) is 4.58 Å². The van der Waals surface area contributed by atoms with Crippen LogP contribution in [0.3, 0.4) is 0 Å². The van der Waals surface area contributed by atoms with E-state index < -0.39 is 0 Å². The van der Waals surface area contributed by atoms with Gasteiger partial charge in [0, 0.05) is 47.3 Å². The Bertz CT molecular complexity index is 5240. The highest BCUT2D eigenvalue weighted by Crippen LogP contribution is 2.45. The maximum absolute atomic E-state index is 4.40.